The Morgan fingerprint density at radius 1 is 1.32 bits per heavy atom. The second kappa shape index (κ2) is 8.74. The number of para-hydroxylation sites is 2. The summed E-state index contributed by atoms with van der Waals surface area (Å²) >= 11 is 0. The van der Waals surface area contributed by atoms with Crippen molar-refractivity contribution in [2.45, 2.75) is 38.3 Å². The molecule has 1 N–H and O–H groups in total. The first-order valence-corrected chi connectivity index (χ1v) is 10.9. The van der Waals surface area contributed by atoms with Gasteiger partial charge in [0, 0.05) is 25.8 Å². The zero-order valence-electron chi connectivity index (χ0n) is 16.2. The molecule has 0 saturated carbocycles. The highest BCUT2D eigenvalue weighted by Gasteiger charge is 2.34. The minimum Gasteiger partial charge on any atom is -0.492 e. The molecule has 8 nitrogen and oxygen atoms in total. The molecule has 0 bridgehead atoms. The molecule has 9 heteroatoms. The average Bonchev–Trinajstić information content (AvgIpc) is 3.20. The molecule has 1 fully saturated rings. The molecule has 0 aliphatic carbocycles. The molecule has 1 unspecified atom stereocenters. The van der Waals surface area contributed by atoms with Gasteiger partial charge >= 0.3 is 0 Å². The Labute approximate surface area is 165 Å². The molecule has 1 amide bonds. The molecule has 1 aliphatic rings. The van der Waals surface area contributed by atoms with E-state index in [1.165, 1.54) is 16.8 Å². The number of rotatable bonds is 7. The molecular formula is C19H26N4O4S. The van der Waals surface area contributed by atoms with Gasteiger partial charge in [-0.25, -0.2) is 13.4 Å². The quantitative estimate of drug-likeness (QED) is 0.762. The first-order valence-electron chi connectivity index (χ1n) is 9.50. The van der Waals surface area contributed by atoms with E-state index in [-0.39, 0.29) is 17.5 Å². The third kappa shape index (κ3) is 4.36. The van der Waals surface area contributed by atoms with E-state index < -0.39 is 15.9 Å². The fourth-order valence-corrected chi connectivity index (χ4v) is 4.70. The number of ether oxygens (including phenoxy) is 1. The predicted octanol–water partition coefficient (Wildman–Crippen LogP) is 2.34. The topological polar surface area (TPSA) is 93.5 Å². The highest BCUT2D eigenvalue weighted by molar-refractivity contribution is 7.89. The maximum atomic E-state index is 12.9. The van der Waals surface area contributed by atoms with Crippen LogP contribution in [0.5, 0.6) is 5.75 Å². The fraction of sp³-hybridized carbons (Fsp3) is 0.474. The first-order chi connectivity index (χ1) is 13.5. The van der Waals surface area contributed by atoms with Crippen molar-refractivity contribution < 1.29 is 17.9 Å². The molecule has 1 saturated heterocycles. The lowest BCUT2D eigenvalue weighted by molar-refractivity contribution is -0.120. The Balaban J connectivity index is 1.71. The summed E-state index contributed by atoms with van der Waals surface area (Å²) in [5, 5.41) is 2.91. The number of carbonyl (C=O) groups excluding carboxylic acids is 1. The number of benzene rings is 1. The lowest BCUT2D eigenvalue weighted by atomic mass is 9.98. The monoisotopic (exact) mass is 406 g/mol. The third-order valence-electron chi connectivity index (χ3n) is 4.78. The van der Waals surface area contributed by atoms with E-state index in [0.717, 1.165) is 0 Å². The molecule has 0 spiro atoms. The van der Waals surface area contributed by atoms with Gasteiger partial charge in [-0.3, -0.25) is 4.79 Å². The van der Waals surface area contributed by atoms with E-state index in [0.29, 0.717) is 44.0 Å². The van der Waals surface area contributed by atoms with Crippen molar-refractivity contribution in [1.29, 1.82) is 0 Å². The highest BCUT2D eigenvalue weighted by Crippen LogP contribution is 2.27. The number of sulfonamides is 1. The summed E-state index contributed by atoms with van der Waals surface area (Å²) in [4.78, 5) is 16.8. The van der Waals surface area contributed by atoms with Gasteiger partial charge < -0.3 is 14.6 Å². The second-order valence-electron chi connectivity index (χ2n) is 6.66. The number of carbonyl (C=O) groups is 1. The number of imidazole rings is 1. The summed E-state index contributed by atoms with van der Waals surface area (Å²) in [6, 6.07) is 7.23. The van der Waals surface area contributed by atoms with Crippen LogP contribution < -0.4 is 10.1 Å². The maximum absolute atomic E-state index is 12.9. The van der Waals surface area contributed by atoms with Gasteiger partial charge in [0.25, 0.3) is 10.0 Å². The van der Waals surface area contributed by atoms with Crippen LogP contribution in [0.3, 0.4) is 0 Å². The zero-order chi connectivity index (χ0) is 20.1. The van der Waals surface area contributed by atoms with Crippen molar-refractivity contribution in [3.8, 4) is 5.75 Å². The molecule has 152 valence electrons. The zero-order valence-corrected chi connectivity index (χ0v) is 17.0. The molecule has 1 aromatic heterocycles. The molecule has 2 aromatic rings. The highest BCUT2D eigenvalue weighted by atomic mass is 32.2. The molecule has 3 rings (SSSR count). The number of hydrogen-bond acceptors (Lipinski definition) is 5. The van der Waals surface area contributed by atoms with E-state index in [4.69, 9.17) is 4.74 Å². The second-order valence-corrected chi connectivity index (χ2v) is 8.55. The molecule has 2 heterocycles. The Morgan fingerprint density at radius 2 is 2.11 bits per heavy atom. The average molecular weight is 407 g/mol. The van der Waals surface area contributed by atoms with E-state index in [1.807, 2.05) is 26.0 Å². The normalized spacial score (nSPS) is 18.0. The van der Waals surface area contributed by atoms with Crippen molar-refractivity contribution in [2.24, 2.45) is 5.92 Å². The van der Waals surface area contributed by atoms with Gasteiger partial charge in [-0.15, -0.1) is 0 Å². The number of piperidine rings is 1. The van der Waals surface area contributed by atoms with Crippen molar-refractivity contribution >= 4 is 21.6 Å². The van der Waals surface area contributed by atoms with Gasteiger partial charge in [-0.05, 0) is 38.8 Å². The van der Waals surface area contributed by atoms with Crippen LogP contribution in [0.1, 0.15) is 26.7 Å². The third-order valence-corrected chi connectivity index (χ3v) is 6.53. The van der Waals surface area contributed by atoms with Gasteiger partial charge in [0.2, 0.25) is 5.91 Å². The van der Waals surface area contributed by atoms with E-state index in [1.54, 1.807) is 16.7 Å². The van der Waals surface area contributed by atoms with Crippen LogP contribution in [0.2, 0.25) is 0 Å². The van der Waals surface area contributed by atoms with Gasteiger partial charge in [0.05, 0.1) is 24.5 Å². The molecule has 1 aliphatic heterocycles. The maximum Gasteiger partial charge on any atom is 0.262 e. The Morgan fingerprint density at radius 3 is 2.82 bits per heavy atom. The summed E-state index contributed by atoms with van der Waals surface area (Å²) in [6.45, 7) is 5.46. The van der Waals surface area contributed by atoms with Gasteiger partial charge in [-0.2, -0.15) is 4.31 Å². The van der Waals surface area contributed by atoms with Crippen molar-refractivity contribution in [3.63, 3.8) is 0 Å². The number of aromatic nitrogens is 2. The van der Waals surface area contributed by atoms with E-state index >= 15 is 0 Å². The minimum absolute atomic E-state index is 0.0251. The fourth-order valence-electron chi connectivity index (χ4n) is 3.24. The molecule has 1 atom stereocenters. The molecule has 28 heavy (non-hydrogen) atoms. The van der Waals surface area contributed by atoms with E-state index in [9.17, 15) is 13.2 Å². The number of hydrogen-bond donors (Lipinski definition) is 1. The number of anilines is 1. The van der Waals surface area contributed by atoms with Gasteiger partial charge in [-0.1, -0.05) is 12.1 Å². The molecule has 1 aromatic carbocycles. The lowest BCUT2D eigenvalue weighted by Gasteiger charge is -2.30. The summed E-state index contributed by atoms with van der Waals surface area (Å²) in [5.41, 5.74) is 0.594. The summed E-state index contributed by atoms with van der Waals surface area (Å²) in [7, 11) is -3.71. The van der Waals surface area contributed by atoms with Crippen LogP contribution in [0.15, 0.2) is 41.8 Å². The number of nitrogens with one attached hydrogen (secondary N) is 1. The van der Waals surface area contributed by atoms with Gasteiger partial charge in [0.1, 0.15) is 5.75 Å². The SMILES string of the molecule is CCOc1ccccc1NC(=O)C1CCCN(S(=O)(=O)c2cn(CC)cn2)C1. The standard InChI is InChI=1S/C19H26N4O4S/c1-3-22-13-18(20-14-22)28(25,26)23-11-7-8-15(12-23)19(24)21-16-9-5-6-10-17(16)27-4-2/h5-6,9-10,13-15H,3-4,7-8,11-12H2,1-2H3,(H,21,24). The van der Waals surface area contributed by atoms with Crippen molar-refractivity contribution in [3.05, 3.63) is 36.8 Å². The van der Waals surface area contributed by atoms with Gasteiger partial charge in [0.15, 0.2) is 5.03 Å². The molecular weight excluding hydrogens is 380 g/mol. The number of nitrogens with zero attached hydrogens (tertiary/aromatic N) is 3. The van der Waals surface area contributed by atoms with Crippen LogP contribution in [-0.2, 0) is 21.4 Å². The van der Waals surface area contributed by atoms with Crippen LogP contribution >= 0.6 is 0 Å². The first kappa shape index (κ1) is 20.3. The Kier molecular flexibility index (Phi) is 6.35. The minimum atomic E-state index is -3.71. The lowest BCUT2D eigenvalue weighted by Crippen LogP contribution is -2.43. The van der Waals surface area contributed by atoms with E-state index in [2.05, 4.69) is 10.3 Å². The van der Waals surface area contributed by atoms with Crippen LogP contribution in [0, 0.1) is 5.92 Å². The van der Waals surface area contributed by atoms with Crippen LogP contribution in [0.25, 0.3) is 0 Å². The number of amides is 1. The smallest absolute Gasteiger partial charge is 0.262 e. The molecule has 0 radical (unpaired) electrons. The summed E-state index contributed by atoms with van der Waals surface area (Å²) < 4.78 is 34.4. The van der Waals surface area contributed by atoms with Crippen LogP contribution in [0.4, 0.5) is 5.69 Å². The summed E-state index contributed by atoms with van der Waals surface area (Å²) in [6.07, 6.45) is 4.29. The predicted molar refractivity (Wildman–Crippen MR) is 106 cm³/mol. The Hall–Kier alpha value is -2.39. The number of aryl methyl sites for hydroxylation is 1. The Bertz CT molecular complexity index is 926. The largest absolute Gasteiger partial charge is 0.492 e. The van der Waals surface area contributed by atoms with Crippen molar-refractivity contribution in [2.75, 3.05) is 25.0 Å². The van der Waals surface area contributed by atoms with Crippen molar-refractivity contribution in [1.82, 2.24) is 13.9 Å². The van der Waals surface area contributed by atoms with Crippen LogP contribution in [-0.4, -0.2) is 47.9 Å². The summed E-state index contributed by atoms with van der Waals surface area (Å²) in [5.74, 6) is -0.0265.